The molecular formula is C28H33ClOP+. The van der Waals surface area contributed by atoms with Gasteiger partial charge in [0.15, 0.2) is 0 Å². The summed E-state index contributed by atoms with van der Waals surface area (Å²) in [5, 5.41) is 12.9. The van der Waals surface area contributed by atoms with Gasteiger partial charge in [-0.25, -0.2) is 0 Å². The van der Waals surface area contributed by atoms with Crippen LogP contribution in [-0.2, 0) is 0 Å². The molecule has 0 heterocycles. The lowest BCUT2D eigenvalue weighted by atomic mass is 9.99. The van der Waals surface area contributed by atoms with Crippen LogP contribution in [0.3, 0.4) is 0 Å². The van der Waals surface area contributed by atoms with E-state index >= 15 is 0 Å². The molecule has 0 aliphatic carbocycles. The largest absolute Gasteiger partial charge is 0.507 e. The average molecular weight is 452 g/mol. The lowest BCUT2D eigenvalue weighted by Gasteiger charge is -2.26. The van der Waals surface area contributed by atoms with Crippen LogP contribution in [0.5, 0.6) is 5.75 Å². The quantitative estimate of drug-likeness (QED) is 0.307. The first-order chi connectivity index (χ1) is 15.1. The lowest BCUT2D eigenvalue weighted by Crippen LogP contribution is -2.16. The Labute approximate surface area is 193 Å². The Bertz CT molecular complexity index is 974. The summed E-state index contributed by atoms with van der Waals surface area (Å²) in [5.74, 6) is 2.80. The third-order valence-corrected chi connectivity index (χ3v) is 10.3. The molecule has 0 fully saturated rings. The Morgan fingerprint density at radius 2 is 1.42 bits per heavy atom. The van der Waals surface area contributed by atoms with Crippen molar-refractivity contribution in [3.63, 3.8) is 0 Å². The molecule has 31 heavy (non-hydrogen) atoms. The van der Waals surface area contributed by atoms with Crippen molar-refractivity contribution >= 4 is 29.7 Å². The van der Waals surface area contributed by atoms with E-state index in [-0.39, 0.29) is 5.75 Å². The fourth-order valence-electron chi connectivity index (χ4n) is 4.07. The van der Waals surface area contributed by atoms with Gasteiger partial charge < -0.3 is 5.11 Å². The summed E-state index contributed by atoms with van der Waals surface area (Å²) in [6, 6.07) is 26.8. The van der Waals surface area contributed by atoms with E-state index in [2.05, 4.69) is 74.3 Å². The first kappa shape index (κ1) is 23.6. The van der Waals surface area contributed by atoms with Gasteiger partial charge in [0, 0.05) is 16.2 Å². The Morgan fingerprint density at radius 1 is 0.839 bits per heavy atom. The smallest absolute Gasteiger partial charge is 0.123 e. The molecule has 3 rings (SSSR count). The summed E-state index contributed by atoms with van der Waals surface area (Å²) in [4.78, 5) is 0. The maximum Gasteiger partial charge on any atom is 0.123 e. The topological polar surface area (TPSA) is 20.2 Å². The van der Waals surface area contributed by atoms with Gasteiger partial charge in [-0.2, -0.15) is 0 Å². The maximum absolute atomic E-state index is 10.8. The van der Waals surface area contributed by atoms with Gasteiger partial charge in [-0.05, 0) is 48.7 Å². The van der Waals surface area contributed by atoms with E-state index in [4.69, 9.17) is 11.6 Å². The molecule has 0 aliphatic heterocycles. The zero-order valence-corrected chi connectivity index (χ0v) is 20.2. The van der Waals surface area contributed by atoms with Gasteiger partial charge in [0.2, 0.25) is 0 Å². The fraction of sp³-hybridized carbons (Fsp3) is 0.286. The minimum atomic E-state index is -1.62. The summed E-state index contributed by atoms with van der Waals surface area (Å²) in [7, 11) is -1.62. The summed E-state index contributed by atoms with van der Waals surface area (Å²) in [6.07, 6.45) is 7.13. The second kappa shape index (κ2) is 11.5. The second-order valence-corrected chi connectivity index (χ2v) is 12.3. The first-order valence-electron chi connectivity index (χ1n) is 11.3. The van der Waals surface area contributed by atoms with Gasteiger partial charge >= 0.3 is 0 Å². The Kier molecular flexibility index (Phi) is 8.76. The van der Waals surface area contributed by atoms with Gasteiger partial charge in [0.05, 0.1) is 30.7 Å². The van der Waals surface area contributed by atoms with E-state index < -0.39 is 7.26 Å². The Balaban J connectivity index is 2.28. The van der Waals surface area contributed by atoms with E-state index in [0.29, 0.717) is 5.02 Å². The highest BCUT2D eigenvalue weighted by Gasteiger charge is 2.38. The number of aromatic hydroxyl groups is 1. The standard InChI is InChI=1S/C28H32ClOP/c1-3-5-19-31(20-6-4-2,25-15-11-8-12-16-25)22-27(23-13-9-7-10-14-23)26-21-24(29)17-18-28(26)30/h7-18,21-22H,3-6,19-20H2,1-2H3/p+1/b27-22-. The summed E-state index contributed by atoms with van der Waals surface area (Å²) in [5.41, 5.74) is 3.02. The minimum Gasteiger partial charge on any atom is -0.507 e. The van der Waals surface area contributed by atoms with Gasteiger partial charge in [0.25, 0.3) is 0 Å². The number of halogens is 1. The van der Waals surface area contributed by atoms with Gasteiger partial charge in [-0.3, -0.25) is 0 Å². The van der Waals surface area contributed by atoms with Crippen molar-refractivity contribution in [2.45, 2.75) is 39.5 Å². The van der Waals surface area contributed by atoms with Crippen LogP contribution in [0.4, 0.5) is 0 Å². The number of benzene rings is 3. The molecular weight excluding hydrogens is 419 g/mol. The van der Waals surface area contributed by atoms with Crippen LogP contribution >= 0.6 is 18.9 Å². The highest BCUT2D eigenvalue weighted by Crippen LogP contribution is 2.62. The van der Waals surface area contributed by atoms with Crippen LogP contribution in [0.2, 0.25) is 5.02 Å². The van der Waals surface area contributed by atoms with Crippen molar-refractivity contribution < 1.29 is 5.11 Å². The van der Waals surface area contributed by atoms with E-state index in [1.807, 2.05) is 12.1 Å². The van der Waals surface area contributed by atoms with Crippen LogP contribution in [0.1, 0.15) is 50.7 Å². The summed E-state index contributed by atoms with van der Waals surface area (Å²) >= 11 is 6.37. The molecule has 0 bridgehead atoms. The fourth-order valence-corrected chi connectivity index (χ4v) is 8.70. The zero-order chi connectivity index (χ0) is 22.1. The predicted molar refractivity (Wildman–Crippen MR) is 139 cm³/mol. The van der Waals surface area contributed by atoms with E-state index in [1.54, 1.807) is 12.1 Å². The third-order valence-electron chi connectivity index (χ3n) is 5.80. The molecule has 0 saturated heterocycles. The highest BCUT2D eigenvalue weighted by molar-refractivity contribution is 7.85. The number of hydrogen-bond acceptors (Lipinski definition) is 1. The molecule has 0 saturated carbocycles. The minimum absolute atomic E-state index is 0.275. The summed E-state index contributed by atoms with van der Waals surface area (Å²) < 4.78 is 0. The third kappa shape index (κ3) is 6.00. The number of rotatable bonds is 10. The monoisotopic (exact) mass is 451 g/mol. The number of unbranched alkanes of at least 4 members (excludes halogenated alkanes) is 2. The number of phenolic OH excluding ortho intramolecular Hbond substituents is 1. The molecule has 0 unspecified atom stereocenters. The molecule has 3 aromatic carbocycles. The first-order valence-corrected chi connectivity index (χ1v) is 13.9. The Morgan fingerprint density at radius 3 is 2.00 bits per heavy atom. The molecule has 0 aromatic heterocycles. The van der Waals surface area contributed by atoms with Gasteiger partial charge in [-0.1, -0.05) is 86.8 Å². The molecule has 0 radical (unpaired) electrons. The lowest BCUT2D eigenvalue weighted by molar-refractivity contribution is 0.473. The molecule has 3 heteroatoms. The molecule has 0 spiro atoms. The van der Waals surface area contributed by atoms with Crippen LogP contribution in [0, 0.1) is 0 Å². The predicted octanol–water partition coefficient (Wildman–Crippen LogP) is 8.38. The molecule has 0 atom stereocenters. The zero-order valence-electron chi connectivity index (χ0n) is 18.6. The summed E-state index contributed by atoms with van der Waals surface area (Å²) in [6.45, 7) is 4.54. The SMILES string of the molecule is CCCC[P+](/C=C(/c1ccccc1)c1cc(Cl)ccc1O)(CCCC)c1ccccc1. The van der Waals surface area contributed by atoms with Crippen LogP contribution in [-0.4, -0.2) is 17.4 Å². The molecule has 1 nitrogen and oxygen atoms in total. The van der Waals surface area contributed by atoms with Gasteiger partial charge in [0.1, 0.15) is 5.75 Å². The molecule has 0 amide bonds. The van der Waals surface area contributed by atoms with Crippen molar-refractivity contribution in [1.29, 1.82) is 0 Å². The molecule has 0 aliphatic rings. The van der Waals surface area contributed by atoms with E-state index in [0.717, 1.165) is 16.7 Å². The van der Waals surface area contributed by atoms with Crippen molar-refractivity contribution in [3.05, 3.63) is 101 Å². The van der Waals surface area contributed by atoms with Crippen molar-refractivity contribution in [1.82, 2.24) is 0 Å². The van der Waals surface area contributed by atoms with Crippen LogP contribution < -0.4 is 5.30 Å². The van der Waals surface area contributed by atoms with Gasteiger partial charge in [-0.15, -0.1) is 0 Å². The molecule has 3 aromatic rings. The average Bonchev–Trinajstić information content (AvgIpc) is 2.82. The highest BCUT2D eigenvalue weighted by atomic mass is 35.5. The van der Waals surface area contributed by atoms with Crippen LogP contribution in [0.25, 0.3) is 5.57 Å². The van der Waals surface area contributed by atoms with E-state index in [1.165, 1.54) is 43.3 Å². The molecule has 162 valence electrons. The van der Waals surface area contributed by atoms with Crippen LogP contribution in [0.15, 0.2) is 84.7 Å². The second-order valence-electron chi connectivity index (χ2n) is 8.09. The normalized spacial score (nSPS) is 12.2. The Hall–Kier alpha value is -2.08. The maximum atomic E-state index is 10.8. The molecule has 1 N–H and O–H groups in total. The van der Waals surface area contributed by atoms with Crippen molar-refractivity contribution in [2.24, 2.45) is 0 Å². The number of hydrogen-bond donors (Lipinski definition) is 1. The van der Waals surface area contributed by atoms with Crippen molar-refractivity contribution in [3.8, 4) is 5.75 Å². The van der Waals surface area contributed by atoms with Crippen molar-refractivity contribution in [2.75, 3.05) is 12.3 Å². The van der Waals surface area contributed by atoms with E-state index in [9.17, 15) is 5.11 Å². The number of phenols is 1.